The highest BCUT2D eigenvalue weighted by Gasteiger charge is 2.02. The zero-order valence-electron chi connectivity index (χ0n) is 11.5. The fourth-order valence-electron chi connectivity index (χ4n) is 1.82. The Kier molecular flexibility index (Phi) is 6.71. The van der Waals surface area contributed by atoms with E-state index in [9.17, 15) is 0 Å². The van der Waals surface area contributed by atoms with Crippen LogP contribution in [0.15, 0.2) is 47.4 Å². The molecule has 2 rings (SSSR count). The molecule has 112 valence electrons. The molecule has 0 aromatic heterocycles. The average Bonchev–Trinajstić information content (AvgIpc) is 2.49. The summed E-state index contributed by atoms with van der Waals surface area (Å²) in [6.45, 7) is 1.28. The van der Waals surface area contributed by atoms with Gasteiger partial charge in [-0.25, -0.2) is 0 Å². The van der Waals surface area contributed by atoms with Gasteiger partial charge in [0.25, 0.3) is 0 Å². The van der Waals surface area contributed by atoms with Gasteiger partial charge in [0, 0.05) is 15.7 Å². The SMILES string of the molecule is NCCc1ccc(OCCSc2cc(Cl)ccc2Cl)cc1. The summed E-state index contributed by atoms with van der Waals surface area (Å²) in [5.41, 5.74) is 6.75. The fraction of sp³-hybridized carbons (Fsp3) is 0.250. The Bertz CT molecular complexity index is 575. The summed E-state index contributed by atoms with van der Waals surface area (Å²) >= 11 is 13.7. The Hall–Kier alpha value is -0.870. The Morgan fingerprint density at radius 3 is 2.52 bits per heavy atom. The summed E-state index contributed by atoms with van der Waals surface area (Å²) < 4.78 is 5.70. The average molecular weight is 342 g/mol. The van der Waals surface area contributed by atoms with Crippen molar-refractivity contribution >= 4 is 35.0 Å². The van der Waals surface area contributed by atoms with E-state index in [1.54, 1.807) is 17.8 Å². The van der Waals surface area contributed by atoms with E-state index in [0.29, 0.717) is 18.2 Å². The molecular weight excluding hydrogens is 325 g/mol. The van der Waals surface area contributed by atoms with Gasteiger partial charge in [0.05, 0.1) is 11.6 Å². The molecule has 0 saturated heterocycles. The lowest BCUT2D eigenvalue weighted by atomic mass is 10.1. The second-order valence-corrected chi connectivity index (χ2v) is 6.43. The molecule has 2 aromatic rings. The molecule has 0 fully saturated rings. The second-order valence-electron chi connectivity index (χ2n) is 4.45. The van der Waals surface area contributed by atoms with Crippen LogP contribution < -0.4 is 10.5 Å². The number of benzene rings is 2. The minimum Gasteiger partial charge on any atom is -0.493 e. The van der Waals surface area contributed by atoms with Gasteiger partial charge >= 0.3 is 0 Å². The molecule has 0 unspecified atom stereocenters. The number of nitrogens with two attached hydrogens (primary N) is 1. The quantitative estimate of drug-likeness (QED) is 0.587. The first-order valence-electron chi connectivity index (χ1n) is 6.68. The highest BCUT2D eigenvalue weighted by molar-refractivity contribution is 7.99. The van der Waals surface area contributed by atoms with Gasteiger partial charge in [-0.3, -0.25) is 0 Å². The Labute approximate surface area is 139 Å². The Morgan fingerprint density at radius 2 is 1.81 bits per heavy atom. The Balaban J connectivity index is 1.77. The molecule has 0 saturated carbocycles. The van der Waals surface area contributed by atoms with E-state index >= 15 is 0 Å². The third-order valence-corrected chi connectivity index (χ3v) is 4.56. The van der Waals surface area contributed by atoms with Gasteiger partial charge in [-0.05, 0) is 48.9 Å². The van der Waals surface area contributed by atoms with Gasteiger partial charge in [0.1, 0.15) is 5.75 Å². The first-order chi connectivity index (χ1) is 10.2. The monoisotopic (exact) mass is 341 g/mol. The van der Waals surface area contributed by atoms with Gasteiger partial charge in [-0.1, -0.05) is 35.3 Å². The highest BCUT2D eigenvalue weighted by atomic mass is 35.5. The maximum Gasteiger partial charge on any atom is 0.119 e. The van der Waals surface area contributed by atoms with E-state index in [0.717, 1.165) is 27.8 Å². The molecule has 0 heterocycles. The topological polar surface area (TPSA) is 35.2 Å². The molecule has 0 spiro atoms. The molecule has 2 aromatic carbocycles. The minimum atomic E-state index is 0.615. The van der Waals surface area contributed by atoms with Crippen LogP contribution in [-0.4, -0.2) is 18.9 Å². The summed E-state index contributed by atoms with van der Waals surface area (Å²) in [5, 5.41) is 1.41. The standard InChI is InChI=1S/C16H17Cl2NOS/c17-13-3-6-15(18)16(11-13)21-10-9-20-14-4-1-12(2-5-14)7-8-19/h1-6,11H,7-10,19H2. The largest absolute Gasteiger partial charge is 0.493 e. The van der Waals surface area contributed by atoms with Crippen molar-refractivity contribution in [2.75, 3.05) is 18.9 Å². The molecule has 0 bridgehead atoms. The van der Waals surface area contributed by atoms with Crippen molar-refractivity contribution in [3.8, 4) is 5.75 Å². The van der Waals surface area contributed by atoms with Crippen LogP contribution >= 0.6 is 35.0 Å². The number of hydrogen-bond donors (Lipinski definition) is 1. The predicted molar refractivity (Wildman–Crippen MR) is 91.9 cm³/mol. The molecule has 0 aliphatic carbocycles. The normalized spacial score (nSPS) is 10.6. The second kappa shape index (κ2) is 8.54. The lowest BCUT2D eigenvalue weighted by Gasteiger charge is -2.08. The molecule has 2 nitrogen and oxygen atoms in total. The highest BCUT2D eigenvalue weighted by Crippen LogP contribution is 2.29. The molecule has 0 atom stereocenters. The molecule has 21 heavy (non-hydrogen) atoms. The molecule has 0 amide bonds. The van der Waals surface area contributed by atoms with Crippen LogP contribution in [0.4, 0.5) is 0 Å². The minimum absolute atomic E-state index is 0.615. The molecule has 0 aliphatic rings. The van der Waals surface area contributed by atoms with Gasteiger partial charge in [0.15, 0.2) is 0 Å². The van der Waals surface area contributed by atoms with Crippen molar-refractivity contribution in [3.05, 3.63) is 58.1 Å². The number of hydrogen-bond acceptors (Lipinski definition) is 3. The molecular formula is C16H17Cl2NOS. The van der Waals surface area contributed by atoms with E-state index in [2.05, 4.69) is 0 Å². The van der Waals surface area contributed by atoms with Crippen molar-refractivity contribution in [3.63, 3.8) is 0 Å². The zero-order valence-corrected chi connectivity index (χ0v) is 13.8. The number of thioether (sulfide) groups is 1. The fourth-order valence-corrected chi connectivity index (χ4v) is 3.14. The van der Waals surface area contributed by atoms with E-state index in [1.807, 2.05) is 36.4 Å². The van der Waals surface area contributed by atoms with Gasteiger partial charge in [-0.2, -0.15) is 0 Å². The van der Waals surface area contributed by atoms with E-state index in [-0.39, 0.29) is 0 Å². The third-order valence-electron chi connectivity index (χ3n) is 2.86. The lowest BCUT2D eigenvalue weighted by molar-refractivity contribution is 0.344. The van der Waals surface area contributed by atoms with Crippen molar-refractivity contribution in [2.24, 2.45) is 5.73 Å². The maximum absolute atomic E-state index is 6.11. The van der Waals surface area contributed by atoms with Crippen LogP contribution in [0, 0.1) is 0 Å². The third kappa shape index (κ3) is 5.44. The van der Waals surface area contributed by atoms with E-state index in [1.165, 1.54) is 5.56 Å². The van der Waals surface area contributed by atoms with Crippen molar-refractivity contribution in [1.82, 2.24) is 0 Å². The lowest BCUT2D eigenvalue weighted by Crippen LogP contribution is -2.03. The van der Waals surface area contributed by atoms with Crippen LogP contribution in [0.3, 0.4) is 0 Å². The maximum atomic E-state index is 6.11. The van der Waals surface area contributed by atoms with E-state index in [4.69, 9.17) is 33.7 Å². The van der Waals surface area contributed by atoms with Crippen LogP contribution in [-0.2, 0) is 6.42 Å². The first kappa shape index (κ1) is 16.5. The van der Waals surface area contributed by atoms with Crippen LogP contribution in [0.1, 0.15) is 5.56 Å². The summed E-state index contributed by atoms with van der Waals surface area (Å²) in [4.78, 5) is 0.978. The van der Waals surface area contributed by atoms with Crippen molar-refractivity contribution in [2.45, 2.75) is 11.3 Å². The van der Waals surface area contributed by atoms with Gasteiger partial charge < -0.3 is 10.5 Å². The zero-order chi connectivity index (χ0) is 15.1. The molecule has 5 heteroatoms. The van der Waals surface area contributed by atoms with Crippen LogP contribution in [0.5, 0.6) is 5.75 Å². The van der Waals surface area contributed by atoms with Crippen LogP contribution in [0.2, 0.25) is 10.0 Å². The van der Waals surface area contributed by atoms with Crippen LogP contribution in [0.25, 0.3) is 0 Å². The first-order valence-corrected chi connectivity index (χ1v) is 8.43. The van der Waals surface area contributed by atoms with Gasteiger partial charge in [-0.15, -0.1) is 11.8 Å². The molecule has 2 N–H and O–H groups in total. The summed E-state index contributed by atoms with van der Waals surface area (Å²) in [7, 11) is 0. The smallest absolute Gasteiger partial charge is 0.119 e. The van der Waals surface area contributed by atoms with Crippen molar-refractivity contribution < 1.29 is 4.74 Å². The summed E-state index contributed by atoms with van der Waals surface area (Å²) in [6.07, 6.45) is 0.892. The predicted octanol–water partition coefficient (Wildman–Crippen LogP) is 4.67. The summed E-state index contributed by atoms with van der Waals surface area (Å²) in [5.74, 6) is 1.68. The van der Waals surface area contributed by atoms with Crippen molar-refractivity contribution in [1.29, 1.82) is 0 Å². The number of rotatable bonds is 7. The molecule has 0 radical (unpaired) electrons. The van der Waals surface area contributed by atoms with Gasteiger partial charge in [0.2, 0.25) is 0 Å². The number of halogens is 2. The Morgan fingerprint density at radius 1 is 1.05 bits per heavy atom. The van der Waals surface area contributed by atoms with E-state index < -0.39 is 0 Å². The number of ether oxygens (including phenoxy) is 1. The molecule has 0 aliphatic heterocycles. The summed E-state index contributed by atoms with van der Waals surface area (Å²) in [6, 6.07) is 13.5.